The molecule has 0 unspecified atom stereocenters. The molecule has 0 aliphatic carbocycles. The van der Waals surface area contributed by atoms with Crippen LogP contribution in [-0.2, 0) is 29.6 Å². The molecule has 3 rings (SSSR count). The highest BCUT2D eigenvalue weighted by atomic mass is 16.4. The summed E-state index contributed by atoms with van der Waals surface area (Å²) in [6.07, 6.45) is 1.00. The summed E-state index contributed by atoms with van der Waals surface area (Å²) in [5.74, 6) is -1.83. The van der Waals surface area contributed by atoms with Crippen LogP contribution in [0.1, 0.15) is 41.5 Å². The fourth-order valence-corrected chi connectivity index (χ4v) is 3.43. The maximum Gasteiger partial charge on any atom is 0.356 e. The van der Waals surface area contributed by atoms with E-state index in [0.717, 1.165) is 10.6 Å². The molecule has 1 atom stereocenters. The number of hydrogen-bond donors (Lipinski definition) is 2. The van der Waals surface area contributed by atoms with Gasteiger partial charge in [0.25, 0.3) is 5.91 Å². The minimum absolute atomic E-state index is 0.0561. The van der Waals surface area contributed by atoms with Crippen LogP contribution in [0.25, 0.3) is 0 Å². The summed E-state index contributed by atoms with van der Waals surface area (Å²) in [7, 11) is 1.68. The molecule has 1 aromatic rings. The maximum atomic E-state index is 12.6. The fraction of sp³-hybridized carbons (Fsp3) is 0.562. The van der Waals surface area contributed by atoms with Gasteiger partial charge in [0.05, 0.1) is 6.42 Å². The molecule has 0 aromatic carbocycles. The van der Waals surface area contributed by atoms with Gasteiger partial charge < -0.3 is 15.3 Å². The van der Waals surface area contributed by atoms with Crippen molar-refractivity contribution >= 4 is 23.8 Å². The molecule has 1 aromatic heterocycles. The van der Waals surface area contributed by atoms with Gasteiger partial charge in [0.1, 0.15) is 6.04 Å². The Hall–Kier alpha value is -2.91. The van der Waals surface area contributed by atoms with Gasteiger partial charge in [-0.2, -0.15) is 5.10 Å². The Balaban J connectivity index is 1.70. The molecular formula is C16H21N5O5. The molecule has 2 N–H and O–H groups in total. The van der Waals surface area contributed by atoms with Crippen molar-refractivity contribution < 1.29 is 24.3 Å². The zero-order chi connectivity index (χ0) is 19.0. The Morgan fingerprint density at radius 2 is 2.08 bits per heavy atom. The van der Waals surface area contributed by atoms with E-state index in [1.54, 1.807) is 7.05 Å². The van der Waals surface area contributed by atoms with E-state index in [4.69, 9.17) is 0 Å². The Morgan fingerprint density at radius 1 is 1.35 bits per heavy atom. The number of carbonyl (C=O) groups excluding carboxylic acids is 3. The summed E-state index contributed by atoms with van der Waals surface area (Å²) in [6.45, 7) is 2.73. The molecule has 10 heteroatoms. The average Bonchev–Trinajstić information content (AvgIpc) is 3.07. The topological polar surface area (TPSA) is 125 Å². The van der Waals surface area contributed by atoms with E-state index in [1.807, 2.05) is 6.92 Å². The van der Waals surface area contributed by atoms with E-state index in [-0.39, 0.29) is 24.6 Å². The molecule has 2 aliphatic rings. The average molecular weight is 363 g/mol. The van der Waals surface area contributed by atoms with Crippen LogP contribution >= 0.6 is 0 Å². The lowest BCUT2D eigenvalue weighted by atomic mass is 10.0. The summed E-state index contributed by atoms with van der Waals surface area (Å²) in [6, 6.07) is -1.34. The Kier molecular flexibility index (Phi) is 4.66. The van der Waals surface area contributed by atoms with Crippen LogP contribution in [0.2, 0.25) is 0 Å². The van der Waals surface area contributed by atoms with Gasteiger partial charge in [-0.3, -0.25) is 19.2 Å². The number of amides is 4. The van der Waals surface area contributed by atoms with Gasteiger partial charge in [-0.15, -0.1) is 0 Å². The molecule has 3 heterocycles. The first-order valence-electron chi connectivity index (χ1n) is 8.51. The van der Waals surface area contributed by atoms with E-state index in [2.05, 4.69) is 10.4 Å². The van der Waals surface area contributed by atoms with E-state index in [0.29, 0.717) is 31.5 Å². The molecular weight excluding hydrogens is 342 g/mol. The molecule has 4 amide bonds. The largest absolute Gasteiger partial charge is 0.476 e. The zero-order valence-electron chi connectivity index (χ0n) is 14.7. The first kappa shape index (κ1) is 17.9. The van der Waals surface area contributed by atoms with Crippen LogP contribution in [0, 0.1) is 0 Å². The molecule has 0 spiro atoms. The van der Waals surface area contributed by atoms with E-state index in [1.165, 1.54) is 9.58 Å². The van der Waals surface area contributed by atoms with Gasteiger partial charge >= 0.3 is 12.0 Å². The number of fused-ring (bicyclic) bond motifs is 1. The van der Waals surface area contributed by atoms with Crippen molar-refractivity contribution in [1.29, 1.82) is 0 Å². The lowest BCUT2D eigenvalue weighted by molar-refractivity contribution is -0.136. The summed E-state index contributed by atoms with van der Waals surface area (Å²) in [5.41, 5.74) is 1.26. The van der Waals surface area contributed by atoms with Crippen molar-refractivity contribution in [2.24, 2.45) is 7.05 Å². The quantitative estimate of drug-likeness (QED) is 0.694. The number of nitrogens with one attached hydrogen (secondary N) is 1. The number of rotatable bonds is 5. The number of aromatic nitrogens is 2. The number of carboxylic acids is 1. The van der Waals surface area contributed by atoms with Crippen LogP contribution in [0.4, 0.5) is 4.79 Å². The van der Waals surface area contributed by atoms with Crippen molar-refractivity contribution in [3.63, 3.8) is 0 Å². The number of urea groups is 1. The van der Waals surface area contributed by atoms with Crippen molar-refractivity contribution in [1.82, 2.24) is 24.9 Å². The second-order valence-corrected chi connectivity index (χ2v) is 6.46. The third-order valence-electron chi connectivity index (χ3n) is 4.73. The molecule has 0 radical (unpaired) electrons. The fourth-order valence-electron chi connectivity index (χ4n) is 3.43. The van der Waals surface area contributed by atoms with Crippen molar-refractivity contribution in [2.45, 2.75) is 38.8 Å². The molecule has 26 heavy (non-hydrogen) atoms. The molecule has 1 saturated heterocycles. The van der Waals surface area contributed by atoms with Crippen LogP contribution < -0.4 is 5.32 Å². The van der Waals surface area contributed by atoms with Gasteiger partial charge in [-0.05, 0) is 6.42 Å². The summed E-state index contributed by atoms with van der Waals surface area (Å²) in [5, 5.41) is 15.8. The third-order valence-corrected chi connectivity index (χ3v) is 4.73. The van der Waals surface area contributed by atoms with Crippen LogP contribution in [0.5, 0.6) is 0 Å². The second kappa shape index (κ2) is 6.77. The van der Waals surface area contributed by atoms with Gasteiger partial charge in [0.2, 0.25) is 5.91 Å². The number of carbonyl (C=O) groups is 4. The summed E-state index contributed by atoms with van der Waals surface area (Å²) >= 11 is 0. The number of carboxylic acid groups (broad SMARTS) is 1. The predicted octanol–water partition coefficient (Wildman–Crippen LogP) is -0.276. The normalized spacial score (nSPS) is 19.5. The Bertz CT molecular complexity index is 786. The Labute approximate surface area is 149 Å². The first-order valence-corrected chi connectivity index (χ1v) is 8.51. The van der Waals surface area contributed by atoms with E-state index in [9.17, 15) is 24.3 Å². The van der Waals surface area contributed by atoms with Crippen LogP contribution in [0.3, 0.4) is 0 Å². The van der Waals surface area contributed by atoms with Crippen LogP contribution in [0.15, 0.2) is 0 Å². The number of nitrogens with zero attached hydrogens (tertiary/aromatic N) is 4. The highest BCUT2D eigenvalue weighted by Gasteiger charge is 2.39. The maximum absolute atomic E-state index is 12.6. The van der Waals surface area contributed by atoms with Crippen molar-refractivity contribution in [2.75, 3.05) is 13.1 Å². The molecule has 0 bridgehead atoms. The van der Waals surface area contributed by atoms with E-state index < -0.39 is 23.9 Å². The number of hydrogen-bond acceptors (Lipinski definition) is 5. The van der Waals surface area contributed by atoms with E-state index >= 15 is 0 Å². The first-order chi connectivity index (χ1) is 12.3. The van der Waals surface area contributed by atoms with Crippen molar-refractivity contribution in [3.05, 3.63) is 17.0 Å². The minimum Gasteiger partial charge on any atom is -0.476 e. The zero-order valence-corrected chi connectivity index (χ0v) is 14.7. The smallest absolute Gasteiger partial charge is 0.356 e. The molecule has 10 nitrogen and oxygen atoms in total. The molecule has 2 aliphatic heterocycles. The standard InChI is InChI=1S/C16H21N5O5/c1-3-5-21-14(23)10(17-16(21)26)7-12(22)20-6-4-11-9(8-20)13(15(24)25)18-19(11)2/h10H,3-8H2,1-2H3,(H,17,26)(H,24,25)/t10-/m1/s1. The molecule has 140 valence electrons. The summed E-state index contributed by atoms with van der Waals surface area (Å²) < 4.78 is 1.53. The summed E-state index contributed by atoms with van der Waals surface area (Å²) in [4.78, 5) is 50.6. The van der Waals surface area contributed by atoms with Gasteiger partial charge in [-0.25, -0.2) is 9.59 Å². The number of imide groups is 1. The van der Waals surface area contributed by atoms with Gasteiger partial charge in [0.15, 0.2) is 5.69 Å². The number of aryl methyl sites for hydroxylation is 1. The molecule has 0 saturated carbocycles. The van der Waals surface area contributed by atoms with Crippen LogP contribution in [-0.4, -0.2) is 67.6 Å². The lowest BCUT2D eigenvalue weighted by Crippen LogP contribution is -2.41. The highest BCUT2D eigenvalue weighted by Crippen LogP contribution is 2.23. The SMILES string of the molecule is CCCN1C(=O)N[C@H](CC(=O)N2CCc3c(c(C(=O)O)nn3C)C2)C1=O. The minimum atomic E-state index is -1.13. The predicted molar refractivity (Wildman–Crippen MR) is 88.2 cm³/mol. The molecule has 1 fully saturated rings. The number of aromatic carboxylic acids is 1. The monoisotopic (exact) mass is 363 g/mol. The second-order valence-electron chi connectivity index (χ2n) is 6.46. The van der Waals surface area contributed by atoms with Crippen molar-refractivity contribution in [3.8, 4) is 0 Å². The van der Waals surface area contributed by atoms with Gasteiger partial charge in [-0.1, -0.05) is 6.92 Å². The van der Waals surface area contributed by atoms with Gasteiger partial charge in [0, 0.05) is 44.4 Å². The Morgan fingerprint density at radius 3 is 2.73 bits per heavy atom. The highest BCUT2D eigenvalue weighted by molar-refractivity contribution is 6.05. The lowest BCUT2D eigenvalue weighted by Gasteiger charge is -2.28. The third kappa shape index (κ3) is 3.02.